The zero-order valence-electron chi connectivity index (χ0n) is 12.3. The molecule has 1 unspecified atom stereocenters. The van der Waals surface area contributed by atoms with Gasteiger partial charge < -0.3 is 20.9 Å². The van der Waals surface area contributed by atoms with Crippen LogP contribution >= 0.6 is 0 Å². The molecule has 0 aromatic heterocycles. The van der Waals surface area contributed by atoms with Gasteiger partial charge in [0.15, 0.2) is 11.5 Å². The highest BCUT2D eigenvalue weighted by Crippen LogP contribution is 2.30. The Labute approximate surface area is 125 Å². The lowest BCUT2D eigenvalue weighted by Crippen LogP contribution is -2.20. The second-order valence-electron chi connectivity index (χ2n) is 4.76. The van der Waals surface area contributed by atoms with Gasteiger partial charge in [0.1, 0.15) is 6.61 Å². The molecule has 2 aromatic carbocycles. The van der Waals surface area contributed by atoms with Crippen LogP contribution in [-0.2, 0) is 6.61 Å². The highest BCUT2D eigenvalue weighted by atomic mass is 16.5. The van der Waals surface area contributed by atoms with Gasteiger partial charge in [0.2, 0.25) is 0 Å². The third-order valence-electron chi connectivity index (χ3n) is 3.19. The molecule has 0 bridgehead atoms. The Kier molecular flexibility index (Phi) is 5.60. The molecule has 1 atom stereocenters. The van der Waals surface area contributed by atoms with Crippen molar-refractivity contribution in [1.82, 2.24) is 0 Å². The van der Waals surface area contributed by atoms with E-state index in [1.807, 2.05) is 55.5 Å². The van der Waals surface area contributed by atoms with Crippen molar-refractivity contribution in [2.24, 2.45) is 11.5 Å². The lowest BCUT2D eigenvalue weighted by Gasteiger charge is -2.15. The maximum atomic E-state index is 5.95. The van der Waals surface area contributed by atoms with Crippen molar-refractivity contribution in [2.75, 3.05) is 13.2 Å². The summed E-state index contributed by atoms with van der Waals surface area (Å²) in [5.41, 5.74) is 13.6. The van der Waals surface area contributed by atoms with Gasteiger partial charge in [0, 0.05) is 12.6 Å². The van der Waals surface area contributed by atoms with Crippen LogP contribution in [0.25, 0.3) is 0 Å². The highest BCUT2D eigenvalue weighted by molar-refractivity contribution is 5.44. The monoisotopic (exact) mass is 286 g/mol. The van der Waals surface area contributed by atoms with E-state index in [9.17, 15) is 0 Å². The van der Waals surface area contributed by atoms with Gasteiger partial charge in [-0.3, -0.25) is 0 Å². The van der Waals surface area contributed by atoms with E-state index in [-0.39, 0.29) is 6.04 Å². The third-order valence-corrected chi connectivity index (χ3v) is 3.19. The number of hydrogen-bond donors (Lipinski definition) is 2. The first-order valence-corrected chi connectivity index (χ1v) is 7.13. The number of ether oxygens (including phenoxy) is 2. The lowest BCUT2D eigenvalue weighted by molar-refractivity contribution is 0.269. The second-order valence-corrected chi connectivity index (χ2v) is 4.76. The van der Waals surface area contributed by atoms with Crippen molar-refractivity contribution in [3.63, 3.8) is 0 Å². The van der Waals surface area contributed by atoms with Crippen molar-refractivity contribution in [2.45, 2.75) is 19.6 Å². The fourth-order valence-corrected chi connectivity index (χ4v) is 2.01. The molecule has 0 fully saturated rings. The molecular formula is C17H22N2O2. The molecule has 4 N–H and O–H groups in total. The summed E-state index contributed by atoms with van der Waals surface area (Å²) in [6.45, 7) is 3.42. The molecule has 2 rings (SSSR count). The van der Waals surface area contributed by atoms with Crippen LogP contribution in [0, 0.1) is 0 Å². The zero-order chi connectivity index (χ0) is 15.1. The minimum absolute atomic E-state index is 0.188. The maximum Gasteiger partial charge on any atom is 0.161 e. The number of hydrogen-bond acceptors (Lipinski definition) is 4. The molecular weight excluding hydrogens is 264 g/mol. The van der Waals surface area contributed by atoms with E-state index in [2.05, 4.69) is 0 Å². The average molecular weight is 286 g/mol. The smallest absolute Gasteiger partial charge is 0.161 e. The Morgan fingerprint density at radius 3 is 2.43 bits per heavy atom. The van der Waals surface area contributed by atoms with Crippen LogP contribution in [0.4, 0.5) is 0 Å². The summed E-state index contributed by atoms with van der Waals surface area (Å²) < 4.78 is 11.5. The summed E-state index contributed by atoms with van der Waals surface area (Å²) in [4.78, 5) is 0. The van der Waals surface area contributed by atoms with Gasteiger partial charge in [-0.1, -0.05) is 36.4 Å². The van der Waals surface area contributed by atoms with Crippen LogP contribution in [0.2, 0.25) is 0 Å². The average Bonchev–Trinajstić information content (AvgIpc) is 2.54. The van der Waals surface area contributed by atoms with Crippen molar-refractivity contribution >= 4 is 0 Å². The molecule has 4 heteroatoms. The summed E-state index contributed by atoms with van der Waals surface area (Å²) in [6.07, 6.45) is 0. The Balaban J connectivity index is 2.14. The molecule has 2 aromatic rings. The lowest BCUT2D eigenvalue weighted by atomic mass is 10.1. The van der Waals surface area contributed by atoms with Crippen LogP contribution in [0.1, 0.15) is 24.1 Å². The number of rotatable bonds is 7. The third kappa shape index (κ3) is 4.21. The molecule has 0 aliphatic heterocycles. The van der Waals surface area contributed by atoms with Crippen molar-refractivity contribution in [3.8, 4) is 11.5 Å². The van der Waals surface area contributed by atoms with Crippen LogP contribution in [0.15, 0.2) is 48.5 Å². The molecule has 0 aliphatic carbocycles. The summed E-state index contributed by atoms with van der Waals surface area (Å²) in [5, 5.41) is 0. The second kappa shape index (κ2) is 7.67. The number of nitrogens with two attached hydrogens (primary N) is 2. The molecule has 0 spiro atoms. The van der Waals surface area contributed by atoms with E-state index >= 15 is 0 Å². The number of benzene rings is 2. The van der Waals surface area contributed by atoms with E-state index in [0.29, 0.717) is 31.3 Å². The van der Waals surface area contributed by atoms with Crippen LogP contribution in [-0.4, -0.2) is 13.2 Å². The molecule has 0 saturated heterocycles. The van der Waals surface area contributed by atoms with E-state index in [1.165, 1.54) is 0 Å². The van der Waals surface area contributed by atoms with Crippen molar-refractivity contribution in [1.29, 1.82) is 0 Å². The SMILES string of the molecule is CCOc1cc(C(N)CN)ccc1OCc1ccccc1. The van der Waals surface area contributed by atoms with Gasteiger partial charge in [-0.05, 0) is 30.2 Å². The van der Waals surface area contributed by atoms with Gasteiger partial charge in [-0.2, -0.15) is 0 Å². The summed E-state index contributed by atoms with van der Waals surface area (Å²) >= 11 is 0. The zero-order valence-corrected chi connectivity index (χ0v) is 12.3. The van der Waals surface area contributed by atoms with E-state index in [0.717, 1.165) is 11.1 Å². The first kappa shape index (κ1) is 15.4. The van der Waals surface area contributed by atoms with Crippen LogP contribution < -0.4 is 20.9 Å². The largest absolute Gasteiger partial charge is 0.490 e. The quantitative estimate of drug-likeness (QED) is 0.821. The Hall–Kier alpha value is -2.04. The molecule has 0 saturated carbocycles. The first-order chi connectivity index (χ1) is 10.2. The fourth-order valence-electron chi connectivity index (χ4n) is 2.01. The molecule has 112 valence electrons. The van der Waals surface area contributed by atoms with E-state index in [4.69, 9.17) is 20.9 Å². The summed E-state index contributed by atoms with van der Waals surface area (Å²) in [7, 11) is 0. The van der Waals surface area contributed by atoms with Crippen LogP contribution in [0.5, 0.6) is 11.5 Å². The Morgan fingerprint density at radius 2 is 1.76 bits per heavy atom. The molecule has 0 radical (unpaired) electrons. The maximum absolute atomic E-state index is 5.95. The topological polar surface area (TPSA) is 70.5 Å². The normalized spacial score (nSPS) is 12.0. The molecule has 4 nitrogen and oxygen atoms in total. The standard InChI is InChI=1S/C17H22N2O2/c1-2-20-17-10-14(15(19)11-18)8-9-16(17)21-12-13-6-4-3-5-7-13/h3-10,15H,2,11-12,18-19H2,1H3. The Morgan fingerprint density at radius 1 is 1.00 bits per heavy atom. The van der Waals surface area contributed by atoms with Gasteiger partial charge in [0.25, 0.3) is 0 Å². The molecule has 21 heavy (non-hydrogen) atoms. The summed E-state index contributed by atoms with van der Waals surface area (Å²) in [5.74, 6) is 1.42. The highest BCUT2D eigenvalue weighted by Gasteiger charge is 2.10. The molecule has 0 aliphatic rings. The fraction of sp³-hybridized carbons (Fsp3) is 0.294. The minimum Gasteiger partial charge on any atom is -0.490 e. The van der Waals surface area contributed by atoms with Crippen LogP contribution in [0.3, 0.4) is 0 Å². The van der Waals surface area contributed by atoms with E-state index in [1.54, 1.807) is 0 Å². The van der Waals surface area contributed by atoms with Gasteiger partial charge >= 0.3 is 0 Å². The van der Waals surface area contributed by atoms with Crippen molar-refractivity contribution < 1.29 is 9.47 Å². The molecule has 0 amide bonds. The van der Waals surface area contributed by atoms with Crippen molar-refractivity contribution in [3.05, 3.63) is 59.7 Å². The Bertz CT molecular complexity index is 558. The van der Waals surface area contributed by atoms with Gasteiger partial charge in [0.05, 0.1) is 6.61 Å². The van der Waals surface area contributed by atoms with E-state index < -0.39 is 0 Å². The predicted octanol–water partition coefficient (Wildman–Crippen LogP) is 2.62. The molecule has 0 heterocycles. The summed E-state index contributed by atoms with van der Waals surface area (Å²) in [6, 6.07) is 15.6. The first-order valence-electron chi connectivity index (χ1n) is 7.13. The minimum atomic E-state index is -0.188. The van der Waals surface area contributed by atoms with Gasteiger partial charge in [-0.15, -0.1) is 0 Å². The predicted molar refractivity (Wildman–Crippen MR) is 84.4 cm³/mol. The van der Waals surface area contributed by atoms with Gasteiger partial charge in [-0.25, -0.2) is 0 Å².